The van der Waals surface area contributed by atoms with Gasteiger partial charge in [0.05, 0.1) is 25.0 Å². The van der Waals surface area contributed by atoms with Gasteiger partial charge in [-0.25, -0.2) is 8.42 Å². The molecule has 174 valence electrons. The van der Waals surface area contributed by atoms with E-state index in [1.807, 2.05) is 31.2 Å². The predicted molar refractivity (Wildman–Crippen MR) is 123 cm³/mol. The molecule has 7 nitrogen and oxygen atoms in total. The molecule has 0 aliphatic carbocycles. The summed E-state index contributed by atoms with van der Waals surface area (Å²) in [5.74, 6) is 0.498. The van der Waals surface area contributed by atoms with Crippen LogP contribution in [0.1, 0.15) is 24.5 Å². The molecule has 8 heteroatoms. The summed E-state index contributed by atoms with van der Waals surface area (Å²) in [6.07, 6.45) is 0.938. The van der Waals surface area contributed by atoms with E-state index in [1.54, 1.807) is 38.3 Å². The summed E-state index contributed by atoms with van der Waals surface area (Å²) in [5.41, 5.74) is 2.14. The highest BCUT2D eigenvalue weighted by molar-refractivity contribution is 7.89. The zero-order chi connectivity index (χ0) is 23.1. The molecule has 0 spiro atoms. The molecular weight excluding hydrogens is 428 g/mol. The third kappa shape index (κ3) is 6.09. The number of rotatable bonds is 9. The Kier molecular flexibility index (Phi) is 8.28. The van der Waals surface area contributed by atoms with Crippen molar-refractivity contribution in [2.75, 3.05) is 39.9 Å². The average molecular weight is 461 g/mol. The Morgan fingerprint density at radius 2 is 1.88 bits per heavy atom. The first kappa shape index (κ1) is 24.2. The van der Waals surface area contributed by atoms with Crippen molar-refractivity contribution in [3.05, 3.63) is 59.7 Å². The molecule has 1 heterocycles. The number of carbonyl (C=O) groups excluding carboxylic acids is 1. The zero-order valence-electron chi connectivity index (χ0n) is 19.0. The fraction of sp³-hybridized carbons (Fsp3) is 0.458. The highest BCUT2D eigenvalue weighted by atomic mass is 32.2. The SMILES string of the molecule is CCOC(=O)CC1CN(S(=O)(=O)c2ccc(C)cc2)CCN1CCc1cccc(OC)c1. The number of methoxy groups -OCH3 is 1. The van der Waals surface area contributed by atoms with Crippen molar-refractivity contribution < 1.29 is 22.7 Å². The Morgan fingerprint density at radius 3 is 2.56 bits per heavy atom. The minimum Gasteiger partial charge on any atom is -0.497 e. The third-order valence-corrected chi connectivity index (χ3v) is 7.63. The first-order valence-electron chi connectivity index (χ1n) is 10.9. The summed E-state index contributed by atoms with van der Waals surface area (Å²) in [7, 11) is -1.98. The van der Waals surface area contributed by atoms with Crippen LogP contribution in [-0.4, -0.2) is 69.5 Å². The Morgan fingerprint density at radius 1 is 1.12 bits per heavy atom. The Balaban J connectivity index is 1.74. The second-order valence-corrected chi connectivity index (χ2v) is 9.91. The molecule has 32 heavy (non-hydrogen) atoms. The van der Waals surface area contributed by atoms with Gasteiger partial charge in [-0.3, -0.25) is 9.69 Å². The fourth-order valence-electron chi connectivity index (χ4n) is 3.94. The third-order valence-electron chi connectivity index (χ3n) is 5.76. The van der Waals surface area contributed by atoms with Gasteiger partial charge in [-0.15, -0.1) is 0 Å². The Labute approximate surface area is 191 Å². The van der Waals surface area contributed by atoms with Gasteiger partial charge in [0.15, 0.2) is 0 Å². The van der Waals surface area contributed by atoms with Crippen molar-refractivity contribution in [2.24, 2.45) is 0 Å². The lowest BCUT2D eigenvalue weighted by molar-refractivity contribution is -0.145. The number of carbonyl (C=O) groups is 1. The van der Waals surface area contributed by atoms with Gasteiger partial charge < -0.3 is 9.47 Å². The highest BCUT2D eigenvalue weighted by Crippen LogP contribution is 2.23. The quantitative estimate of drug-likeness (QED) is 0.536. The highest BCUT2D eigenvalue weighted by Gasteiger charge is 2.35. The number of sulfonamides is 1. The van der Waals surface area contributed by atoms with E-state index in [0.29, 0.717) is 19.7 Å². The summed E-state index contributed by atoms with van der Waals surface area (Å²) >= 11 is 0. The van der Waals surface area contributed by atoms with Crippen LogP contribution in [0, 0.1) is 6.92 Å². The Bertz CT molecular complexity index is 1010. The summed E-state index contributed by atoms with van der Waals surface area (Å²) in [6, 6.07) is 14.5. The molecule has 2 aromatic carbocycles. The lowest BCUT2D eigenvalue weighted by Gasteiger charge is -2.40. The van der Waals surface area contributed by atoms with Crippen LogP contribution in [0.25, 0.3) is 0 Å². The predicted octanol–water partition coefficient (Wildman–Crippen LogP) is 2.87. The molecule has 0 radical (unpaired) electrons. The molecule has 3 rings (SSSR count). The summed E-state index contributed by atoms with van der Waals surface area (Å²) in [5, 5.41) is 0. The number of hydrogen-bond donors (Lipinski definition) is 0. The molecule has 2 aromatic rings. The Hall–Kier alpha value is -2.42. The van der Waals surface area contributed by atoms with E-state index in [1.165, 1.54) is 4.31 Å². The largest absolute Gasteiger partial charge is 0.497 e. The van der Waals surface area contributed by atoms with E-state index >= 15 is 0 Å². The van der Waals surface area contributed by atoms with Crippen molar-refractivity contribution >= 4 is 16.0 Å². The maximum absolute atomic E-state index is 13.2. The van der Waals surface area contributed by atoms with Gasteiger partial charge >= 0.3 is 5.97 Å². The van der Waals surface area contributed by atoms with Crippen LogP contribution in [0.15, 0.2) is 53.4 Å². The number of piperazine rings is 1. The number of nitrogens with zero attached hydrogens (tertiary/aromatic N) is 2. The topological polar surface area (TPSA) is 76.2 Å². The van der Waals surface area contributed by atoms with Crippen LogP contribution in [0.4, 0.5) is 0 Å². The summed E-state index contributed by atoms with van der Waals surface area (Å²) in [4.78, 5) is 14.7. The van der Waals surface area contributed by atoms with Gasteiger partial charge in [-0.05, 0) is 50.1 Å². The van der Waals surface area contributed by atoms with Gasteiger partial charge in [-0.1, -0.05) is 29.8 Å². The van der Waals surface area contributed by atoms with Crippen LogP contribution >= 0.6 is 0 Å². The van der Waals surface area contributed by atoms with Crippen molar-refractivity contribution in [1.29, 1.82) is 0 Å². The van der Waals surface area contributed by atoms with Crippen LogP contribution < -0.4 is 4.74 Å². The molecule has 1 fully saturated rings. The van der Waals surface area contributed by atoms with Gasteiger partial charge in [0.1, 0.15) is 5.75 Å². The van der Waals surface area contributed by atoms with Crippen LogP contribution in [0.5, 0.6) is 5.75 Å². The first-order valence-corrected chi connectivity index (χ1v) is 12.4. The van der Waals surface area contributed by atoms with E-state index in [0.717, 1.165) is 29.8 Å². The minimum absolute atomic E-state index is 0.159. The number of benzene rings is 2. The van der Waals surface area contributed by atoms with Crippen LogP contribution in [-0.2, 0) is 26.0 Å². The molecule has 1 aliphatic rings. The van der Waals surface area contributed by atoms with Gasteiger partial charge in [0.2, 0.25) is 10.0 Å². The smallest absolute Gasteiger partial charge is 0.307 e. The maximum atomic E-state index is 13.2. The standard InChI is InChI=1S/C24H32N2O5S/c1-4-31-24(27)17-21-18-26(32(28,29)23-10-8-19(2)9-11-23)15-14-25(21)13-12-20-6-5-7-22(16-20)30-3/h5-11,16,21H,4,12-15,17-18H2,1-3H3. The van der Waals surface area contributed by atoms with Crippen molar-refractivity contribution in [3.63, 3.8) is 0 Å². The van der Waals surface area contributed by atoms with Gasteiger partial charge in [-0.2, -0.15) is 4.31 Å². The van der Waals surface area contributed by atoms with Crippen LogP contribution in [0.2, 0.25) is 0 Å². The number of hydrogen-bond acceptors (Lipinski definition) is 6. The van der Waals surface area contributed by atoms with Gasteiger partial charge in [0, 0.05) is 32.2 Å². The second kappa shape index (κ2) is 10.9. The average Bonchev–Trinajstić information content (AvgIpc) is 2.78. The summed E-state index contributed by atoms with van der Waals surface area (Å²) < 4.78 is 38.3. The zero-order valence-corrected chi connectivity index (χ0v) is 19.8. The van der Waals surface area contributed by atoms with E-state index in [9.17, 15) is 13.2 Å². The van der Waals surface area contributed by atoms with Crippen LogP contribution in [0.3, 0.4) is 0 Å². The monoisotopic (exact) mass is 460 g/mol. The van der Waals surface area contributed by atoms with Crippen molar-refractivity contribution in [2.45, 2.75) is 37.6 Å². The maximum Gasteiger partial charge on any atom is 0.307 e. The fourth-order valence-corrected chi connectivity index (χ4v) is 5.41. The number of ether oxygens (including phenoxy) is 2. The summed E-state index contributed by atoms with van der Waals surface area (Å²) in [6.45, 7) is 5.91. The molecule has 1 aliphatic heterocycles. The molecule has 0 amide bonds. The molecule has 1 saturated heterocycles. The molecule has 1 atom stereocenters. The molecule has 0 bridgehead atoms. The normalized spacial score (nSPS) is 17.8. The molecular formula is C24H32N2O5S. The minimum atomic E-state index is -3.62. The van der Waals surface area contributed by atoms with E-state index in [-0.39, 0.29) is 29.9 Å². The van der Waals surface area contributed by atoms with E-state index in [2.05, 4.69) is 4.90 Å². The second-order valence-electron chi connectivity index (χ2n) is 7.98. The number of esters is 1. The number of aryl methyl sites for hydroxylation is 1. The molecule has 0 N–H and O–H groups in total. The van der Waals surface area contributed by atoms with Crippen molar-refractivity contribution in [3.8, 4) is 5.75 Å². The van der Waals surface area contributed by atoms with Gasteiger partial charge in [0.25, 0.3) is 0 Å². The first-order chi connectivity index (χ1) is 15.3. The van der Waals surface area contributed by atoms with E-state index in [4.69, 9.17) is 9.47 Å². The molecule has 0 saturated carbocycles. The van der Waals surface area contributed by atoms with E-state index < -0.39 is 10.0 Å². The lowest BCUT2D eigenvalue weighted by atomic mass is 10.1. The van der Waals surface area contributed by atoms with Crippen molar-refractivity contribution in [1.82, 2.24) is 9.21 Å². The lowest BCUT2D eigenvalue weighted by Crippen LogP contribution is -2.55. The molecule has 0 aromatic heterocycles. The molecule has 1 unspecified atom stereocenters.